The van der Waals surface area contributed by atoms with Crippen LogP contribution in [0.1, 0.15) is 17.5 Å². The maximum Gasteiger partial charge on any atom is 0.0417 e. The number of hydrogen-bond donors (Lipinski definition) is 2. The molecule has 0 saturated heterocycles. The summed E-state index contributed by atoms with van der Waals surface area (Å²) in [7, 11) is 1.95. The van der Waals surface area contributed by atoms with Crippen LogP contribution in [0.3, 0.4) is 0 Å². The largest absolute Gasteiger partial charge is 0.398 e. The molecule has 76 valence electrons. The van der Waals surface area contributed by atoms with E-state index in [1.54, 1.807) is 0 Å². The molecule has 0 fully saturated rings. The number of hydrogen-bond acceptors (Lipinski definition) is 2. The highest BCUT2D eigenvalue weighted by molar-refractivity contribution is 5.67. The molecule has 2 nitrogen and oxygen atoms in total. The van der Waals surface area contributed by atoms with Crippen LogP contribution in [0.4, 0.5) is 5.69 Å². The van der Waals surface area contributed by atoms with Gasteiger partial charge < -0.3 is 11.1 Å². The summed E-state index contributed by atoms with van der Waals surface area (Å²) in [6.07, 6.45) is 5.26. The molecule has 0 amide bonds. The molecule has 0 saturated carbocycles. The van der Waals surface area contributed by atoms with E-state index in [1.807, 2.05) is 32.2 Å². The lowest BCUT2D eigenvalue weighted by molar-refractivity contribution is 0.809. The van der Waals surface area contributed by atoms with Crippen molar-refractivity contribution >= 4 is 11.8 Å². The Morgan fingerprint density at radius 2 is 2.21 bits per heavy atom. The molecule has 3 N–H and O–H groups in total. The summed E-state index contributed by atoms with van der Waals surface area (Å²) >= 11 is 0. The highest BCUT2D eigenvalue weighted by Gasteiger charge is 1.96. The van der Waals surface area contributed by atoms with Crippen molar-refractivity contribution in [1.82, 2.24) is 5.32 Å². The first-order chi connectivity index (χ1) is 6.75. The molecule has 0 spiro atoms. The van der Waals surface area contributed by atoms with Gasteiger partial charge in [0.15, 0.2) is 0 Å². The van der Waals surface area contributed by atoms with Crippen LogP contribution in [0.2, 0.25) is 0 Å². The Bertz CT molecular complexity index is 316. The predicted octanol–water partition coefficient (Wildman–Crippen LogP) is 2.20. The Morgan fingerprint density at radius 3 is 2.93 bits per heavy atom. The lowest BCUT2D eigenvalue weighted by atomic mass is 10.1. The number of anilines is 1. The summed E-state index contributed by atoms with van der Waals surface area (Å²) < 4.78 is 0. The van der Waals surface area contributed by atoms with E-state index >= 15 is 0 Å². The summed E-state index contributed by atoms with van der Waals surface area (Å²) in [6, 6.07) is 6.10. The number of aryl methyl sites for hydroxylation is 1. The smallest absolute Gasteiger partial charge is 0.0417 e. The van der Waals surface area contributed by atoms with E-state index in [9.17, 15) is 0 Å². The van der Waals surface area contributed by atoms with E-state index in [4.69, 9.17) is 5.73 Å². The zero-order valence-electron chi connectivity index (χ0n) is 8.88. The second-order valence-electron chi connectivity index (χ2n) is 3.37. The molecule has 1 rings (SSSR count). The van der Waals surface area contributed by atoms with Crippen LogP contribution in [-0.4, -0.2) is 13.6 Å². The third-order valence-electron chi connectivity index (χ3n) is 2.22. The van der Waals surface area contributed by atoms with Crippen molar-refractivity contribution in [3.8, 4) is 0 Å². The average molecular weight is 190 g/mol. The van der Waals surface area contributed by atoms with E-state index in [0.29, 0.717) is 0 Å². The van der Waals surface area contributed by atoms with Crippen molar-refractivity contribution in [2.24, 2.45) is 0 Å². The predicted molar refractivity (Wildman–Crippen MR) is 63.2 cm³/mol. The van der Waals surface area contributed by atoms with Gasteiger partial charge in [-0.25, -0.2) is 0 Å². The van der Waals surface area contributed by atoms with Crippen LogP contribution in [0.25, 0.3) is 6.08 Å². The molecule has 14 heavy (non-hydrogen) atoms. The van der Waals surface area contributed by atoms with Crippen molar-refractivity contribution in [2.75, 3.05) is 19.3 Å². The number of benzene rings is 1. The topological polar surface area (TPSA) is 38.0 Å². The van der Waals surface area contributed by atoms with Crippen molar-refractivity contribution in [1.29, 1.82) is 0 Å². The summed E-state index contributed by atoms with van der Waals surface area (Å²) in [5.74, 6) is 0. The normalized spacial score (nSPS) is 11.0. The van der Waals surface area contributed by atoms with Gasteiger partial charge in [0.2, 0.25) is 0 Å². The fourth-order valence-corrected chi connectivity index (χ4v) is 1.29. The molecule has 0 atom stereocenters. The molecule has 0 heterocycles. The lowest BCUT2D eigenvalue weighted by Gasteiger charge is -2.03. The Balaban J connectivity index is 2.67. The van der Waals surface area contributed by atoms with Crippen LogP contribution < -0.4 is 11.1 Å². The number of nitrogen functional groups attached to an aromatic ring is 1. The Kier molecular flexibility index (Phi) is 4.20. The maximum absolute atomic E-state index is 5.93. The van der Waals surface area contributed by atoms with E-state index in [1.165, 1.54) is 0 Å². The Morgan fingerprint density at radius 1 is 1.43 bits per heavy atom. The fourth-order valence-electron chi connectivity index (χ4n) is 1.29. The van der Waals surface area contributed by atoms with Gasteiger partial charge in [-0.1, -0.05) is 30.4 Å². The van der Waals surface area contributed by atoms with Gasteiger partial charge in [0, 0.05) is 5.69 Å². The SMILES string of the molecule is CNCCC=Cc1cccc(C)c1N. The van der Waals surface area contributed by atoms with Crippen molar-refractivity contribution in [3.63, 3.8) is 0 Å². The summed E-state index contributed by atoms with van der Waals surface area (Å²) in [4.78, 5) is 0. The Labute approximate surface area is 85.8 Å². The van der Waals surface area contributed by atoms with Gasteiger partial charge in [0.25, 0.3) is 0 Å². The highest BCUT2D eigenvalue weighted by atomic mass is 14.8. The van der Waals surface area contributed by atoms with E-state index < -0.39 is 0 Å². The molecule has 2 heteroatoms. The van der Waals surface area contributed by atoms with Crippen LogP contribution in [0.15, 0.2) is 24.3 Å². The first-order valence-electron chi connectivity index (χ1n) is 4.92. The number of nitrogens with one attached hydrogen (secondary N) is 1. The molecule has 0 aliphatic rings. The number of nitrogens with two attached hydrogens (primary N) is 1. The zero-order valence-corrected chi connectivity index (χ0v) is 8.88. The van der Waals surface area contributed by atoms with E-state index in [-0.39, 0.29) is 0 Å². The molecule has 0 aliphatic heterocycles. The summed E-state index contributed by atoms with van der Waals surface area (Å²) in [6.45, 7) is 3.03. The van der Waals surface area contributed by atoms with Crippen LogP contribution in [0, 0.1) is 6.92 Å². The van der Waals surface area contributed by atoms with Crippen molar-refractivity contribution in [3.05, 3.63) is 35.4 Å². The first kappa shape index (κ1) is 10.8. The monoisotopic (exact) mass is 190 g/mol. The van der Waals surface area contributed by atoms with Gasteiger partial charge in [-0.3, -0.25) is 0 Å². The molecule has 0 radical (unpaired) electrons. The number of para-hydroxylation sites is 1. The summed E-state index contributed by atoms with van der Waals surface area (Å²) in [5.41, 5.74) is 9.06. The number of rotatable bonds is 4. The quantitative estimate of drug-likeness (QED) is 0.564. The molecule has 1 aromatic rings. The van der Waals surface area contributed by atoms with Gasteiger partial charge in [-0.15, -0.1) is 0 Å². The van der Waals surface area contributed by atoms with Crippen molar-refractivity contribution in [2.45, 2.75) is 13.3 Å². The third kappa shape index (κ3) is 2.89. The molecule has 0 aliphatic carbocycles. The zero-order chi connectivity index (χ0) is 10.4. The molecule has 1 aromatic carbocycles. The minimum Gasteiger partial charge on any atom is -0.398 e. The second-order valence-corrected chi connectivity index (χ2v) is 3.37. The van der Waals surface area contributed by atoms with Crippen LogP contribution in [-0.2, 0) is 0 Å². The van der Waals surface area contributed by atoms with E-state index in [0.717, 1.165) is 29.8 Å². The lowest BCUT2D eigenvalue weighted by Crippen LogP contribution is -2.05. The standard InChI is InChI=1S/C12H18N2/c1-10-6-5-8-11(12(10)13)7-3-4-9-14-2/h3,5-8,14H,4,9,13H2,1-2H3. The van der Waals surface area contributed by atoms with Crippen LogP contribution in [0.5, 0.6) is 0 Å². The highest BCUT2D eigenvalue weighted by Crippen LogP contribution is 2.17. The van der Waals surface area contributed by atoms with Gasteiger partial charge in [0.1, 0.15) is 0 Å². The van der Waals surface area contributed by atoms with E-state index in [2.05, 4.69) is 17.5 Å². The van der Waals surface area contributed by atoms with Crippen LogP contribution >= 0.6 is 0 Å². The summed E-state index contributed by atoms with van der Waals surface area (Å²) in [5, 5.41) is 3.10. The maximum atomic E-state index is 5.93. The minimum atomic E-state index is 0.883. The third-order valence-corrected chi connectivity index (χ3v) is 2.22. The van der Waals surface area contributed by atoms with Gasteiger partial charge in [-0.05, 0) is 38.1 Å². The first-order valence-corrected chi connectivity index (χ1v) is 4.92. The molecule has 0 unspecified atom stereocenters. The van der Waals surface area contributed by atoms with Crippen molar-refractivity contribution < 1.29 is 0 Å². The molecular weight excluding hydrogens is 172 g/mol. The molecular formula is C12H18N2. The van der Waals surface area contributed by atoms with Gasteiger partial charge in [-0.2, -0.15) is 0 Å². The molecule has 0 bridgehead atoms. The second kappa shape index (κ2) is 5.45. The average Bonchev–Trinajstić information content (AvgIpc) is 2.19. The minimum absolute atomic E-state index is 0.883. The van der Waals surface area contributed by atoms with Gasteiger partial charge in [0.05, 0.1) is 0 Å². The fraction of sp³-hybridized carbons (Fsp3) is 0.333. The molecule has 0 aromatic heterocycles. The Hall–Kier alpha value is -1.28. The van der Waals surface area contributed by atoms with Gasteiger partial charge >= 0.3 is 0 Å².